The molecule has 0 saturated carbocycles. The summed E-state index contributed by atoms with van der Waals surface area (Å²) < 4.78 is 0. The zero-order chi connectivity index (χ0) is 21.8. The first-order valence-electron chi connectivity index (χ1n) is 10.1. The smallest absolute Gasteiger partial charge is 0.262 e. The SMILES string of the molecule is Cc1ccc([C@H](C)N)cc1.Cc1ccc([C@H](C)N2C(=O)c3ccccc3C2=O)cc1. The van der Waals surface area contributed by atoms with Crippen molar-refractivity contribution in [1.82, 2.24) is 4.90 Å². The Morgan fingerprint density at radius 1 is 0.667 bits per heavy atom. The number of amides is 2. The second-order valence-electron chi connectivity index (χ2n) is 7.81. The van der Waals surface area contributed by atoms with Crippen LogP contribution in [0.5, 0.6) is 0 Å². The maximum atomic E-state index is 12.4. The average Bonchev–Trinajstić information content (AvgIpc) is 2.99. The fraction of sp³-hybridized carbons (Fsp3) is 0.231. The molecule has 3 aromatic carbocycles. The summed E-state index contributed by atoms with van der Waals surface area (Å²) in [5.74, 6) is -0.419. The maximum Gasteiger partial charge on any atom is 0.262 e. The molecule has 0 unspecified atom stereocenters. The van der Waals surface area contributed by atoms with Gasteiger partial charge >= 0.3 is 0 Å². The number of hydrogen-bond acceptors (Lipinski definition) is 3. The van der Waals surface area contributed by atoms with Gasteiger partial charge in [-0.05, 0) is 51.0 Å². The molecule has 2 N–H and O–H groups in total. The minimum Gasteiger partial charge on any atom is -0.324 e. The van der Waals surface area contributed by atoms with Gasteiger partial charge in [0.1, 0.15) is 0 Å². The molecule has 4 heteroatoms. The lowest BCUT2D eigenvalue weighted by atomic mass is 10.1. The van der Waals surface area contributed by atoms with Crippen molar-refractivity contribution in [3.63, 3.8) is 0 Å². The van der Waals surface area contributed by atoms with E-state index < -0.39 is 0 Å². The van der Waals surface area contributed by atoms with Crippen LogP contribution < -0.4 is 5.73 Å². The molecule has 2 atom stereocenters. The van der Waals surface area contributed by atoms with Crippen LogP contribution in [0.15, 0.2) is 72.8 Å². The van der Waals surface area contributed by atoms with E-state index >= 15 is 0 Å². The number of aryl methyl sites for hydroxylation is 2. The molecule has 0 radical (unpaired) electrons. The lowest BCUT2D eigenvalue weighted by Gasteiger charge is -2.23. The highest BCUT2D eigenvalue weighted by Crippen LogP contribution is 2.31. The monoisotopic (exact) mass is 400 g/mol. The van der Waals surface area contributed by atoms with Crippen molar-refractivity contribution in [1.29, 1.82) is 0 Å². The van der Waals surface area contributed by atoms with E-state index in [0.717, 1.165) is 11.1 Å². The summed E-state index contributed by atoms with van der Waals surface area (Å²) in [6.07, 6.45) is 0. The molecule has 2 amide bonds. The summed E-state index contributed by atoms with van der Waals surface area (Å²) in [4.78, 5) is 26.1. The molecule has 4 nitrogen and oxygen atoms in total. The van der Waals surface area contributed by atoms with Gasteiger partial charge in [0.25, 0.3) is 11.8 Å². The van der Waals surface area contributed by atoms with E-state index in [4.69, 9.17) is 5.73 Å². The summed E-state index contributed by atoms with van der Waals surface area (Å²) in [5.41, 5.74) is 11.3. The van der Waals surface area contributed by atoms with Gasteiger partial charge in [-0.25, -0.2) is 0 Å². The van der Waals surface area contributed by atoms with E-state index in [2.05, 4.69) is 31.2 Å². The van der Waals surface area contributed by atoms with Crippen LogP contribution in [-0.2, 0) is 0 Å². The Balaban J connectivity index is 0.000000216. The molecule has 0 aromatic heterocycles. The molecule has 0 spiro atoms. The first-order chi connectivity index (χ1) is 14.3. The van der Waals surface area contributed by atoms with E-state index in [1.165, 1.54) is 16.0 Å². The second-order valence-corrected chi connectivity index (χ2v) is 7.81. The fourth-order valence-corrected chi connectivity index (χ4v) is 3.42. The number of benzene rings is 3. The molecule has 1 aliphatic rings. The molecule has 1 aliphatic heterocycles. The normalized spacial score (nSPS) is 14.6. The Morgan fingerprint density at radius 3 is 1.47 bits per heavy atom. The van der Waals surface area contributed by atoms with E-state index in [1.807, 2.05) is 45.0 Å². The zero-order valence-corrected chi connectivity index (χ0v) is 17.9. The van der Waals surface area contributed by atoms with Gasteiger partial charge < -0.3 is 5.73 Å². The van der Waals surface area contributed by atoms with Crippen molar-refractivity contribution in [3.05, 3.63) is 106 Å². The predicted octanol–water partition coefficient (Wildman–Crippen LogP) is 5.37. The highest BCUT2D eigenvalue weighted by molar-refractivity contribution is 6.21. The molecular weight excluding hydrogens is 372 g/mol. The number of carbonyl (C=O) groups is 2. The summed E-state index contributed by atoms with van der Waals surface area (Å²) >= 11 is 0. The predicted molar refractivity (Wildman–Crippen MR) is 120 cm³/mol. The first kappa shape index (κ1) is 21.5. The molecule has 0 saturated heterocycles. The highest BCUT2D eigenvalue weighted by atomic mass is 16.2. The Hall–Kier alpha value is -3.24. The van der Waals surface area contributed by atoms with Crippen molar-refractivity contribution in [2.24, 2.45) is 5.73 Å². The van der Waals surface area contributed by atoms with E-state index in [-0.39, 0.29) is 23.9 Å². The molecule has 0 aliphatic carbocycles. The van der Waals surface area contributed by atoms with E-state index in [9.17, 15) is 9.59 Å². The lowest BCUT2D eigenvalue weighted by molar-refractivity contribution is 0.0595. The van der Waals surface area contributed by atoms with Crippen molar-refractivity contribution in [2.75, 3.05) is 0 Å². The number of fused-ring (bicyclic) bond motifs is 1. The topological polar surface area (TPSA) is 63.4 Å². The molecule has 154 valence electrons. The third kappa shape index (κ3) is 4.50. The van der Waals surface area contributed by atoms with Crippen LogP contribution in [0, 0.1) is 13.8 Å². The van der Waals surface area contributed by atoms with Crippen LogP contribution in [-0.4, -0.2) is 16.7 Å². The Morgan fingerprint density at radius 2 is 1.07 bits per heavy atom. The van der Waals surface area contributed by atoms with Gasteiger partial charge in [-0.1, -0.05) is 71.8 Å². The number of nitrogens with zero attached hydrogens (tertiary/aromatic N) is 1. The van der Waals surface area contributed by atoms with Crippen LogP contribution in [0.3, 0.4) is 0 Å². The number of carbonyl (C=O) groups excluding carboxylic acids is 2. The fourth-order valence-electron chi connectivity index (χ4n) is 3.42. The Bertz CT molecular complexity index is 1000. The van der Waals surface area contributed by atoms with Crippen LogP contribution in [0.25, 0.3) is 0 Å². The summed E-state index contributed by atoms with van der Waals surface area (Å²) in [7, 11) is 0. The zero-order valence-electron chi connectivity index (χ0n) is 17.9. The minimum absolute atomic E-state index is 0.153. The van der Waals surface area contributed by atoms with E-state index in [1.54, 1.807) is 24.3 Å². The molecule has 4 rings (SSSR count). The van der Waals surface area contributed by atoms with Crippen molar-refractivity contribution < 1.29 is 9.59 Å². The quantitative estimate of drug-likeness (QED) is 0.602. The van der Waals surface area contributed by atoms with Crippen molar-refractivity contribution >= 4 is 11.8 Å². The van der Waals surface area contributed by atoms with E-state index in [0.29, 0.717) is 11.1 Å². The molecule has 3 aromatic rings. The van der Waals surface area contributed by atoms with Gasteiger partial charge in [-0.15, -0.1) is 0 Å². The van der Waals surface area contributed by atoms with Crippen molar-refractivity contribution in [2.45, 2.75) is 39.8 Å². The molecular formula is C26H28N2O2. The Labute approximate surface area is 178 Å². The standard InChI is InChI=1S/C17H15NO2.C9H13N/c1-11-7-9-13(10-8-11)12(2)18-16(19)14-5-3-4-6-15(14)17(18)20;1-7-3-5-9(6-4-7)8(2)10/h3-10,12H,1-2H3;3-6,8H,10H2,1-2H3/t12-;8-/m00/s1. The molecule has 0 fully saturated rings. The molecule has 1 heterocycles. The van der Waals surface area contributed by atoms with Crippen LogP contribution in [0.1, 0.15) is 68.9 Å². The molecule has 30 heavy (non-hydrogen) atoms. The van der Waals surface area contributed by atoms with Crippen LogP contribution in [0.2, 0.25) is 0 Å². The number of nitrogens with two attached hydrogens (primary N) is 1. The minimum atomic E-state index is -0.261. The van der Waals surface area contributed by atoms with Crippen LogP contribution in [0.4, 0.5) is 0 Å². The number of imide groups is 1. The highest BCUT2D eigenvalue weighted by Gasteiger charge is 2.38. The largest absolute Gasteiger partial charge is 0.324 e. The average molecular weight is 401 g/mol. The van der Waals surface area contributed by atoms with Gasteiger partial charge in [-0.2, -0.15) is 0 Å². The second kappa shape index (κ2) is 9.06. The maximum absolute atomic E-state index is 12.4. The van der Waals surface area contributed by atoms with Gasteiger partial charge in [0.05, 0.1) is 17.2 Å². The summed E-state index contributed by atoms with van der Waals surface area (Å²) in [6.45, 7) is 7.96. The van der Waals surface area contributed by atoms with Gasteiger partial charge in [0, 0.05) is 6.04 Å². The van der Waals surface area contributed by atoms with Gasteiger partial charge in [0.15, 0.2) is 0 Å². The molecule has 0 bridgehead atoms. The summed E-state index contributed by atoms with van der Waals surface area (Å²) in [6, 6.07) is 23.1. The van der Waals surface area contributed by atoms with Gasteiger partial charge in [-0.3, -0.25) is 14.5 Å². The third-order valence-electron chi connectivity index (χ3n) is 5.38. The number of hydrogen-bond donors (Lipinski definition) is 1. The number of rotatable bonds is 3. The van der Waals surface area contributed by atoms with Crippen LogP contribution >= 0.6 is 0 Å². The Kier molecular flexibility index (Phi) is 6.48. The lowest BCUT2D eigenvalue weighted by Crippen LogP contribution is -2.32. The van der Waals surface area contributed by atoms with Gasteiger partial charge in [0.2, 0.25) is 0 Å². The first-order valence-corrected chi connectivity index (χ1v) is 10.1. The summed E-state index contributed by atoms with van der Waals surface area (Å²) in [5, 5.41) is 0. The third-order valence-corrected chi connectivity index (χ3v) is 5.38. The van der Waals surface area contributed by atoms with Crippen molar-refractivity contribution in [3.8, 4) is 0 Å².